The number of benzene rings is 2. The maximum atomic E-state index is 12.8. The number of nitriles is 1. The molecule has 0 spiro atoms. The summed E-state index contributed by atoms with van der Waals surface area (Å²) >= 11 is 13.0. The van der Waals surface area contributed by atoms with Crippen molar-refractivity contribution in [3.8, 4) is 6.07 Å². The quantitative estimate of drug-likeness (QED) is 0.640. The number of hydrogen-bond donors (Lipinski definition) is 2. The van der Waals surface area contributed by atoms with Gasteiger partial charge in [-0.25, -0.2) is 4.79 Å². The molecular weight excluding hydrogens is 457 g/mol. The smallest absolute Gasteiger partial charge is 0.321 e. The van der Waals surface area contributed by atoms with Gasteiger partial charge >= 0.3 is 6.03 Å². The lowest BCUT2D eigenvalue weighted by molar-refractivity contribution is 0.167. The van der Waals surface area contributed by atoms with Gasteiger partial charge in [0.2, 0.25) is 0 Å². The molecule has 2 fully saturated rings. The van der Waals surface area contributed by atoms with Gasteiger partial charge in [0.05, 0.1) is 21.7 Å². The molecule has 33 heavy (non-hydrogen) atoms. The Balaban J connectivity index is 1.45. The summed E-state index contributed by atoms with van der Waals surface area (Å²) in [4.78, 5) is 17.0. The molecule has 0 bridgehead atoms. The van der Waals surface area contributed by atoms with Gasteiger partial charge in [-0.1, -0.05) is 35.3 Å². The second-order valence-electron chi connectivity index (χ2n) is 8.81. The fourth-order valence-corrected chi connectivity index (χ4v) is 5.14. The molecule has 0 aliphatic carbocycles. The summed E-state index contributed by atoms with van der Waals surface area (Å²) in [5.74, 6) is 0.406. The van der Waals surface area contributed by atoms with Crippen molar-refractivity contribution >= 4 is 34.9 Å². The number of piperidine rings is 1. The Morgan fingerprint density at radius 3 is 2.79 bits per heavy atom. The van der Waals surface area contributed by atoms with Crippen LogP contribution in [0.2, 0.25) is 10.0 Å². The highest BCUT2D eigenvalue weighted by molar-refractivity contribution is 6.42. The lowest BCUT2D eigenvalue weighted by atomic mass is 9.90. The van der Waals surface area contributed by atoms with Gasteiger partial charge in [0, 0.05) is 45.0 Å². The van der Waals surface area contributed by atoms with Gasteiger partial charge in [0.25, 0.3) is 0 Å². The SMILES string of the molecule is N#Cc1cccc(CN2CCC[C@H](Cc3c(NC(=O)N4CCNCC4)ccc(Cl)c3Cl)C2)c1. The van der Waals surface area contributed by atoms with Crippen LogP contribution in [0.4, 0.5) is 10.5 Å². The van der Waals surface area contributed by atoms with E-state index < -0.39 is 0 Å². The Labute approximate surface area is 205 Å². The summed E-state index contributed by atoms with van der Waals surface area (Å²) in [6.45, 7) is 5.77. The highest BCUT2D eigenvalue weighted by Gasteiger charge is 2.24. The van der Waals surface area contributed by atoms with Crippen LogP contribution < -0.4 is 10.6 Å². The number of piperazine rings is 1. The third-order valence-corrected chi connectivity index (χ3v) is 7.24. The first-order valence-electron chi connectivity index (χ1n) is 11.5. The Bertz CT molecular complexity index is 1030. The molecule has 2 aliphatic heterocycles. The van der Waals surface area contributed by atoms with Crippen molar-refractivity contribution < 1.29 is 4.79 Å². The maximum Gasteiger partial charge on any atom is 0.321 e. The van der Waals surface area contributed by atoms with E-state index in [4.69, 9.17) is 23.2 Å². The minimum atomic E-state index is -0.0983. The summed E-state index contributed by atoms with van der Waals surface area (Å²) in [7, 11) is 0. The fourth-order valence-electron chi connectivity index (χ4n) is 4.72. The zero-order valence-corrected chi connectivity index (χ0v) is 20.1. The van der Waals surface area contributed by atoms with Crippen molar-refractivity contribution in [2.75, 3.05) is 44.6 Å². The number of urea groups is 1. The van der Waals surface area contributed by atoms with Gasteiger partial charge in [-0.2, -0.15) is 5.26 Å². The molecule has 2 aromatic carbocycles. The molecule has 2 heterocycles. The predicted molar refractivity (Wildman–Crippen MR) is 133 cm³/mol. The van der Waals surface area contributed by atoms with Crippen molar-refractivity contribution in [2.24, 2.45) is 5.92 Å². The van der Waals surface area contributed by atoms with E-state index >= 15 is 0 Å². The summed E-state index contributed by atoms with van der Waals surface area (Å²) in [6.07, 6.45) is 2.96. The second-order valence-corrected chi connectivity index (χ2v) is 9.60. The van der Waals surface area contributed by atoms with Crippen LogP contribution in [0.3, 0.4) is 0 Å². The van der Waals surface area contributed by atoms with E-state index in [-0.39, 0.29) is 6.03 Å². The predicted octanol–water partition coefficient (Wildman–Crippen LogP) is 4.76. The summed E-state index contributed by atoms with van der Waals surface area (Å²) in [6, 6.07) is 13.5. The topological polar surface area (TPSA) is 71.4 Å². The molecule has 1 atom stereocenters. The van der Waals surface area contributed by atoms with Crippen LogP contribution in [0.1, 0.15) is 29.5 Å². The van der Waals surface area contributed by atoms with Gasteiger partial charge in [0.1, 0.15) is 0 Å². The van der Waals surface area contributed by atoms with E-state index in [0.717, 1.165) is 68.8 Å². The van der Waals surface area contributed by atoms with Gasteiger partial charge in [-0.05, 0) is 67.1 Å². The number of nitrogens with zero attached hydrogens (tertiary/aromatic N) is 3. The number of rotatable bonds is 5. The minimum Gasteiger partial charge on any atom is -0.322 e. The Kier molecular flexibility index (Phi) is 8.11. The molecule has 174 valence electrons. The Morgan fingerprint density at radius 2 is 2.00 bits per heavy atom. The minimum absolute atomic E-state index is 0.0983. The van der Waals surface area contributed by atoms with Crippen molar-refractivity contribution in [1.82, 2.24) is 15.1 Å². The molecule has 2 amide bonds. The molecule has 6 nitrogen and oxygen atoms in total. The third kappa shape index (κ3) is 6.18. The molecule has 0 aromatic heterocycles. The van der Waals surface area contributed by atoms with Gasteiger partial charge in [-0.15, -0.1) is 0 Å². The molecule has 4 rings (SSSR count). The lowest BCUT2D eigenvalue weighted by Crippen LogP contribution is -2.48. The molecule has 8 heteroatoms. The van der Waals surface area contributed by atoms with Crippen LogP contribution in [-0.4, -0.2) is 55.1 Å². The molecule has 2 aliphatic rings. The zero-order chi connectivity index (χ0) is 23.2. The van der Waals surface area contributed by atoms with Crippen molar-refractivity contribution in [3.05, 3.63) is 63.1 Å². The highest BCUT2D eigenvalue weighted by Crippen LogP contribution is 2.35. The normalized spacial score (nSPS) is 19.2. The zero-order valence-electron chi connectivity index (χ0n) is 18.6. The Morgan fingerprint density at radius 1 is 1.18 bits per heavy atom. The number of hydrogen-bond acceptors (Lipinski definition) is 4. The van der Waals surface area contributed by atoms with Crippen LogP contribution >= 0.6 is 23.2 Å². The van der Waals surface area contributed by atoms with E-state index in [1.165, 1.54) is 0 Å². The first kappa shape index (κ1) is 23.8. The Hall–Kier alpha value is -2.30. The molecule has 0 saturated carbocycles. The number of nitrogens with one attached hydrogen (secondary N) is 2. The van der Waals surface area contributed by atoms with Gasteiger partial charge in [-0.3, -0.25) is 4.90 Å². The van der Waals surface area contributed by atoms with E-state index in [1.807, 2.05) is 29.2 Å². The first-order chi connectivity index (χ1) is 16.0. The average Bonchev–Trinajstić information content (AvgIpc) is 2.84. The number of carbonyl (C=O) groups excluding carboxylic acids is 1. The van der Waals surface area contributed by atoms with E-state index in [9.17, 15) is 10.1 Å². The van der Waals surface area contributed by atoms with Gasteiger partial charge in [0.15, 0.2) is 0 Å². The van der Waals surface area contributed by atoms with Crippen LogP contribution in [0, 0.1) is 17.2 Å². The van der Waals surface area contributed by atoms with Crippen molar-refractivity contribution in [2.45, 2.75) is 25.8 Å². The monoisotopic (exact) mass is 485 g/mol. The number of halogens is 2. The average molecular weight is 486 g/mol. The molecular formula is C25H29Cl2N5O. The highest BCUT2D eigenvalue weighted by atomic mass is 35.5. The molecule has 2 saturated heterocycles. The summed E-state index contributed by atoms with van der Waals surface area (Å²) in [5, 5.41) is 16.5. The standard InChI is InChI=1S/C25H29Cl2N5O/c26-22-6-7-23(30-25(33)32-11-8-29-9-12-32)21(24(22)27)14-20-5-2-10-31(17-20)16-19-4-1-3-18(13-19)15-28/h1,3-4,6-7,13,20,29H,2,5,8-12,14,16-17H2,(H,30,33)/t20-/m1/s1. The van der Waals surface area contributed by atoms with Crippen molar-refractivity contribution in [1.29, 1.82) is 5.26 Å². The van der Waals surface area contributed by atoms with E-state index in [2.05, 4.69) is 27.7 Å². The molecule has 0 unspecified atom stereocenters. The van der Waals surface area contributed by atoms with Crippen LogP contribution in [0.25, 0.3) is 0 Å². The summed E-state index contributed by atoms with van der Waals surface area (Å²) < 4.78 is 0. The number of anilines is 1. The van der Waals surface area contributed by atoms with Crippen molar-refractivity contribution in [3.63, 3.8) is 0 Å². The van der Waals surface area contributed by atoms with Crippen LogP contribution in [0.5, 0.6) is 0 Å². The number of likely N-dealkylation sites (tertiary alicyclic amines) is 1. The van der Waals surface area contributed by atoms with E-state index in [1.54, 1.807) is 6.07 Å². The molecule has 2 N–H and O–H groups in total. The fraction of sp³-hybridized carbons (Fsp3) is 0.440. The van der Waals surface area contributed by atoms with E-state index in [0.29, 0.717) is 34.6 Å². The number of amides is 2. The lowest BCUT2D eigenvalue weighted by Gasteiger charge is -2.33. The number of carbonyl (C=O) groups is 1. The second kappa shape index (κ2) is 11.2. The maximum absolute atomic E-state index is 12.8. The van der Waals surface area contributed by atoms with Crippen LogP contribution in [0.15, 0.2) is 36.4 Å². The largest absolute Gasteiger partial charge is 0.322 e. The first-order valence-corrected chi connectivity index (χ1v) is 12.2. The molecule has 2 aromatic rings. The third-order valence-electron chi connectivity index (χ3n) is 6.40. The summed E-state index contributed by atoms with van der Waals surface area (Å²) in [5.41, 5.74) is 3.49. The molecule has 0 radical (unpaired) electrons. The van der Waals surface area contributed by atoms with Crippen LogP contribution in [-0.2, 0) is 13.0 Å². The van der Waals surface area contributed by atoms with Gasteiger partial charge < -0.3 is 15.5 Å².